The Bertz CT molecular complexity index is 1020. The first kappa shape index (κ1) is 19.2. The van der Waals surface area contributed by atoms with E-state index in [0.717, 1.165) is 42.3 Å². The van der Waals surface area contributed by atoms with Gasteiger partial charge in [0, 0.05) is 10.9 Å². The molecule has 1 heterocycles. The molecule has 1 aliphatic carbocycles. The number of hydrogen-bond donors (Lipinski definition) is 2. The Hall–Kier alpha value is -3.58. The van der Waals surface area contributed by atoms with Crippen LogP contribution in [-0.2, 0) is 22.4 Å². The summed E-state index contributed by atoms with van der Waals surface area (Å²) in [6.45, 7) is 0. The van der Waals surface area contributed by atoms with Gasteiger partial charge in [-0.1, -0.05) is 12.1 Å². The number of hydrazone groups is 1. The van der Waals surface area contributed by atoms with Crippen LogP contribution in [0.2, 0.25) is 0 Å². The van der Waals surface area contributed by atoms with Crippen molar-refractivity contribution in [1.82, 2.24) is 5.43 Å². The Balaban J connectivity index is 1.66. The smallest absolute Gasteiger partial charge is 0.308 e. The lowest BCUT2D eigenvalue weighted by molar-refractivity contribution is -0.385. The normalized spacial score (nSPS) is 12.8. The summed E-state index contributed by atoms with van der Waals surface area (Å²) in [7, 11) is 0. The highest BCUT2D eigenvalue weighted by atomic mass is 32.1. The molecule has 0 spiro atoms. The number of nitro benzene ring substituents is 1. The Kier molecular flexibility index (Phi) is 5.76. The lowest BCUT2D eigenvalue weighted by atomic mass is 9.96. The van der Waals surface area contributed by atoms with Crippen LogP contribution in [-0.4, -0.2) is 23.0 Å². The van der Waals surface area contributed by atoms with E-state index in [1.807, 2.05) is 5.43 Å². The molecule has 28 heavy (non-hydrogen) atoms. The number of nitriles is 1. The van der Waals surface area contributed by atoms with E-state index in [0.29, 0.717) is 10.6 Å². The molecule has 0 bridgehead atoms. The molecule has 2 aromatic rings. The van der Waals surface area contributed by atoms with Crippen LogP contribution < -0.4 is 10.7 Å². The molecule has 0 saturated carbocycles. The van der Waals surface area contributed by atoms with Gasteiger partial charge in [-0.3, -0.25) is 19.7 Å². The van der Waals surface area contributed by atoms with E-state index in [2.05, 4.69) is 16.5 Å². The summed E-state index contributed by atoms with van der Waals surface area (Å²) in [6, 6.07) is 7.96. The number of hydrogen-bond acceptors (Lipinski definition) is 7. The summed E-state index contributed by atoms with van der Waals surface area (Å²) < 4.78 is 0. The molecule has 3 rings (SSSR count). The second-order valence-electron chi connectivity index (χ2n) is 6.00. The maximum Gasteiger partial charge on any atom is 0.329 e. The highest BCUT2D eigenvalue weighted by molar-refractivity contribution is 7.16. The van der Waals surface area contributed by atoms with Gasteiger partial charge in [-0.05, 0) is 37.3 Å². The van der Waals surface area contributed by atoms with Crippen molar-refractivity contribution in [2.24, 2.45) is 5.10 Å². The summed E-state index contributed by atoms with van der Waals surface area (Å²) >= 11 is 1.31. The van der Waals surface area contributed by atoms with Gasteiger partial charge in [0.25, 0.3) is 5.69 Å². The SMILES string of the molecule is N#Cc1c(NC(=O)C(=O)N/N=C/c2ccccc2[N+](=O)[O-])sc2c1CCCC2. The van der Waals surface area contributed by atoms with Crippen molar-refractivity contribution in [1.29, 1.82) is 5.26 Å². The fourth-order valence-electron chi connectivity index (χ4n) is 2.91. The van der Waals surface area contributed by atoms with E-state index in [1.165, 1.54) is 29.5 Å². The fourth-order valence-corrected chi connectivity index (χ4v) is 4.14. The molecule has 1 aromatic carbocycles. The van der Waals surface area contributed by atoms with E-state index >= 15 is 0 Å². The van der Waals surface area contributed by atoms with Gasteiger partial charge in [0.15, 0.2) is 0 Å². The molecule has 2 amide bonds. The number of para-hydroxylation sites is 1. The van der Waals surface area contributed by atoms with Crippen LogP contribution >= 0.6 is 11.3 Å². The second-order valence-corrected chi connectivity index (χ2v) is 7.10. The predicted molar refractivity (Wildman–Crippen MR) is 103 cm³/mol. The maximum absolute atomic E-state index is 12.1. The van der Waals surface area contributed by atoms with Gasteiger partial charge in [-0.2, -0.15) is 10.4 Å². The molecule has 1 aliphatic rings. The lowest BCUT2D eigenvalue weighted by Gasteiger charge is -2.09. The van der Waals surface area contributed by atoms with Crippen LogP contribution in [0.15, 0.2) is 29.4 Å². The minimum atomic E-state index is -1.04. The molecule has 10 heteroatoms. The van der Waals surface area contributed by atoms with Crippen LogP contribution in [0.5, 0.6) is 0 Å². The van der Waals surface area contributed by atoms with Crippen molar-refractivity contribution in [2.45, 2.75) is 25.7 Å². The summed E-state index contributed by atoms with van der Waals surface area (Å²) in [4.78, 5) is 35.5. The topological polar surface area (TPSA) is 137 Å². The number of aryl methyl sites for hydroxylation is 1. The van der Waals surface area contributed by atoms with Gasteiger partial charge < -0.3 is 5.32 Å². The Morgan fingerprint density at radius 2 is 2.00 bits per heavy atom. The molecule has 1 aromatic heterocycles. The molecule has 0 radical (unpaired) electrons. The first-order valence-corrected chi connectivity index (χ1v) is 9.25. The number of nitrogens with one attached hydrogen (secondary N) is 2. The largest absolute Gasteiger partial charge is 0.329 e. The highest BCUT2D eigenvalue weighted by Gasteiger charge is 2.23. The number of thiophene rings is 1. The quantitative estimate of drug-likeness (QED) is 0.353. The van der Waals surface area contributed by atoms with Crippen molar-refractivity contribution in [3.8, 4) is 6.07 Å². The monoisotopic (exact) mass is 397 g/mol. The number of nitrogens with zero attached hydrogens (tertiary/aromatic N) is 3. The minimum Gasteiger partial charge on any atom is -0.308 e. The molecule has 142 valence electrons. The molecule has 0 atom stereocenters. The van der Waals surface area contributed by atoms with Crippen LogP contribution in [0.1, 0.15) is 34.4 Å². The summed E-state index contributed by atoms with van der Waals surface area (Å²) in [6.07, 6.45) is 4.76. The van der Waals surface area contributed by atoms with Gasteiger partial charge >= 0.3 is 11.8 Å². The highest BCUT2D eigenvalue weighted by Crippen LogP contribution is 2.37. The first-order valence-electron chi connectivity index (χ1n) is 8.43. The zero-order valence-electron chi connectivity index (χ0n) is 14.6. The Morgan fingerprint density at radius 1 is 1.25 bits per heavy atom. The van der Waals surface area contributed by atoms with Gasteiger partial charge in [0.1, 0.15) is 11.1 Å². The first-order chi connectivity index (χ1) is 13.5. The van der Waals surface area contributed by atoms with Crippen LogP contribution in [0.3, 0.4) is 0 Å². The molecular weight excluding hydrogens is 382 g/mol. The number of carbonyl (C=O) groups excluding carboxylic acids is 2. The third-order valence-electron chi connectivity index (χ3n) is 4.22. The number of amides is 2. The average Bonchev–Trinajstić information content (AvgIpc) is 3.04. The molecule has 0 aliphatic heterocycles. The summed E-state index contributed by atoms with van der Waals surface area (Å²) in [5.41, 5.74) is 3.40. The number of rotatable bonds is 4. The molecule has 0 saturated heterocycles. The lowest BCUT2D eigenvalue weighted by Crippen LogP contribution is -2.32. The van der Waals surface area contributed by atoms with Gasteiger partial charge in [-0.25, -0.2) is 5.43 Å². The van der Waals surface area contributed by atoms with Crippen LogP contribution in [0.4, 0.5) is 10.7 Å². The average molecular weight is 397 g/mol. The van der Waals surface area contributed by atoms with Crippen LogP contribution in [0.25, 0.3) is 0 Å². The van der Waals surface area contributed by atoms with Crippen molar-refractivity contribution in [2.75, 3.05) is 5.32 Å². The number of nitro groups is 1. The van der Waals surface area contributed by atoms with Crippen molar-refractivity contribution in [3.05, 3.63) is 55.9 Å². The van der Waals surface area contributed by atoms with E-state index < -0.39 is 16.7 Å². The van der Waals surface area contributed by atoms with Crippen molar-refractivity contribution in [3.63, 3.8) is 0 Å². The van der Waals surface area contributed by atoms with E-state index in [1.54, 1.807) is 6.07 Å². The molecule has 2 N–H and O–H groups in total. The maximum atomic E-state index is 12.1. The molecular formula is C18H15N5O4S. The Labute approximate surface area is 163 Å². The summed E-state index contributed by atoms with van der Waals surface area (Å²) in [5, 5.41) is 26.7. The third kappa shape index (κ3) is 4.05. The molecule has 9 nitrogen and oxygen atoms in total. The number of anilines is 1. The number of carbonyl (C=O) groups is 2. The minimum absolute atomic E-state index is 0.173. The fraction of sp³-hybridized carbons (Fsp3) is 0.222. The molecule has 0 fully saturated rings. The van der Waals surface area contributed by atoms with Gasteiger partial charge in [0.05, 0.1) is 22.3 Å². The van der Waals surface area contributed by atoms with E-state index in [4.69, 9.17) is 0 Å². The van der Waals surface area contributed by atoms with Gasteiger partial charge in [-0.15, -0.1) is 11.3 Å². The Morgan fingerprint density at radius 3 is 2.75 bits per heavy atom. The van der Waals surface area contributed by atoms with E-state index in [-0.39, 0.29) is 11.3 Å². The summed E-state index contributed by atoms with van der Waals surface area (Å²) in [5.74, 6) is -2.00. The van der Waals surface area contributed by atoms with Crippen molar-refractivity contribution >= 4 is 40.1 Å². The van der Waals surface area contributed by atoms with Crippen molar-refractivity contribution < 1.29 is 14.5 Å². The second kappa shape index (κ2) is 8.41. The van der Waals surface area contributed by atoms with E-state index in [9.17, 15) is 25.0 Å². The zero-order chi connectivity index (χ0) is 20.1. The number of fused-ring (bicyclic) bond motifs is 1. The zero-order valence-corrected chi connectivity index (χ0v) is 15.4. The molecule has 0 unspecified atom stereocenters. The standard InChI is InChI=1S/C18H15N5O4S/c19-9-13-12-6-2-4-8-15(12)28-18(13)21-16(24)17(25)22-20-10-11-5-1-3-7-14(11)23(26)27/h1,3,5,7,10H,2,4,6,8H2,(H,21,24)(H,22,25)/b20-10+. The van der Waals surface area contributed by atoms with Gasteiger partial charge in [0.2, 0.25) is 0 Å². The predicted octanol–water partition coefficient (Wildman–Crippen LogP) is 2.50. The number of benzene rings is 1. The van der Waals surface area contributed by atoms with Crippen LogP contribution in [0, 0.1) is 21.4 Å². The third-order valence-corrected chi connectivity index (χ3v) is 5.43.